The number of nitrogens with zero attached hydrogens (tertiary/aromatic N) is 6. The summed E-state index contributed by atoms with van der Waals surface area (Å²) in [6, 6.07) is 0.0913. The molecule has 0 aliphatic rings. The Morgan fingerprint density at radius 3 is 1.48 bits per heavy atom. The summed E-state index contributed by atoms with van der Waals surface area (Å²) in [6.45, 7) is 15.8. The molecule has 0 heterocycles. The van der Waals surface area contributed by atoms with Crippen molar-refractivity contribution in [2.24, 2.45) is 23.5 Å². The first-order valence-electron chi connectivity index (χ1n) is 23.4. The van der Waals surface area contributed by atoms with E-state index >= 15 is 0 Å². The third kappa shape index (κ3) is 17.7. The summed E-state index contributed by atoms with van der Waals surface area (Å²) >= 11 is 0. The standard InChI is InChI=1S/C48H80N10O11/c1-27(2)22-35(52-42(63)32(9)54(12)38(59)25-49)46(67)57(15)37(24-34-20-18-17-19-21-34)47(68)55(13)33(10)41(62)50-30(7)44(65)56(14)36(23-28(3)4)43(64)51-31(8)45(66)58(16)40(29(5)6)48(69)53(11)26-39(60)61/h17-21,27-33,35-37,40H,22-26,49H2,1-16H3,(H,50,62)(H,51,64)(H,52,63)(H,60,61)/t30-,31-,32-,33-,35-,36-,37-,40-/m0/s1. The van der Waals surface area contributed by atoms with E-state index in [0.29, 0.717) is 5.56 Å². The SMILES string of the molecule is CC(C)C[C@H](NC(=O)[C@H](C)N(C)C(=O)CN)C(=O)N(C)[C@@H](Cc1ccccc1)C(=O)N(C)[C@@H](C)C(=O)N[C@@H](C)C(=O)N(C)[C@@H](CC(C)C)C(=O)N[C@@H](C)C(=O)N(C)[C@H](C(=O)N(C)CC(=O)O)C(C)C. The third-order valence-corrected chi connectivity index (χ3v) is 12.2. The van der Waals surface area contributed by atoms with Crippen molar-refractivity contribution in [2.45, 2.75) is 137 Å². The molecule has 8 atom stereocenters. The van der Waals surface area contributed by atoms with E-state index in [4.69, 9.17) is 5.73 Å². The van der Waals surface area contributed by atoms with Gasteiger partial charge >= 0.3 is 5.97 Å². The zero-order valence-corrected chi connectivity index (χ0v) is 43.6. The molecule has 0 bridgehead atoms. The van der Waals surface area contributed by atoms with E-state index < -0.39 is 120 Å². The number of hydrogen-bond acceptors (Lipinski definition) is 11. The number of aliphatic carboxylic acids is 1. The number of carboxylic acid groups (broad SMARTS) is 1. The molecule has 1 aromatic rings. The first-order chi connectivity index (χ1) is 31.9. The van der Waals surface area contributed by atoms with Gasteiger partial charge in [0, 0.05) is 48.7 Å². The molecule has 0 fully saturated rings. The summed E-state index contributed by atoms with van der Waals surface area (Å²) in [5, 5.41) is 17.3. The summed E-state index contributed by atoms with van der Waals surface area (Å²) < 4.78 is 0. The van der Waals surface area contributed by atoms with Crippen molar-refractivity contribution in [3.05, 3.63) is 35.9 Å². The van der Waals surface area contributed by atoms with Gasteiger partial charge in [0.1, 0.15) is 54.9 Å². The second-order valence-corrected chi connectivity index (χ2v) is 19.1. The molecule has 9 amide bonds. The molecular formula is C48H80N10O11. The molecule has 0 aliphatic carbocycles. The number of nitrogens with one attached hydrogen (secondary N) is 3. The predicted octanol–water partition coefficient (Wildman–Crippen LogP) is 0.148. The van der Waals surface area contributed by atoms with Crippen LogP contribution in [0.1, 0.15) is 87.6 Å². The molecule has 0 aliphatic heterocycles. The minimum atomic E-state index is -1.22. The van der Waals surface area contributed by atoms with Crippen LogP contribution in [0.3, 0.4) is 0 Å². The number of benzene rings is 1. The molecule has 0 aromatic heterocycles. The van der Waals surface area contributed by atoms with E-state index in [0.717, 1.165) is 4.90 Å². The van der Waals surface area contributed by atoms with Crippen molar-refractivity contribution in [1.29, 1.82) is 0 Å². The summed E-state index contributed by atoms with van der Waals surface area (Å²) in [5.74, 6) is -7.27. The zero-order valence-electron chi connectivity index (χ0n) is 43.6. The Labute approximate surface area is 408 Å². The molecule has 0 radical (unpaired) electrons. The molecule has 0 saturated heterocycles. The van der Waals surface area contributed by atoms with Gasteiger partial charge in [0.15, 0.2) is 0 Å². The quantitative estimate of drug-likeness (QED) is 0.0831. The van der Waals surface area contributed by atoms with Crippen molar-refractivity contribution in [3.8, 4) is 0 Å². The summed E-state index contributed by atoms with van der Waals surface area (Å²) in [4.78, 5) is 141. The molecule has 21 heteroatoms. The van der Waals surface area contributed by atoms with Gasteiger partial charge in [-0.2, -0.15) is 0 Å². The Hall–Kier alpha value is -6.12. The van der Waals surface area contributed by atoms with Crippen LogP contribution < -0.4 is 21.7 Å². The van der Waals surface area contributed by atoms with Crippen molar-refractivity contribution < 1.29 is 53.1 Å². The fourth-order valence-electron chi connectivity index (χ4n) is 7.71. The van der Waals surface area contributed by atoms with Crippen molar-refractivity contribution in [2.75, 3.05) is 55.4 Å². The van der Waals surface area contributed by atoms with Crippen molar-refractivity contribution >= 4 is 59.1 Å². The first kappa shape index (κ1) is 60.9. The number of carboxylic acids is 1. The van der Waals surface area contributed by atoms with Crippen LogP contribution in [-0.4, -0.2) is 197 Å². The van der Waals surface area contributed by atoms with Crippen molar-refractivity contribution in [3.63, 3.8) is 0 Å². The van der Waals surface area contributed by atoms with Crippen LogP contribution in [0, 0.1) is 17.8 Å². The second kappa shape index (κ2) is 27.8. The molecule has 1 rings (SSSR count). The number of carbonyl (C=O) groups excluding carboxylic acids is 9. The topological polar surface area (TPSA) is 272 Å². The lowest BCUT2D eigenvalue weighted by atomic mass is 9.99. The third-order valence-electron chi connectivity index (χ3n) is 12.2. The van der Waals surface area contributed by atoms with E-state index in [-0.39, 0.29) is 37.6 Å². The molecule has 0 unspecified atom stereocenters. The smallest absolute Gasteiger partial charge is 0.323 e. The van der Waals surface area contributed by atoms with Gasteiger partial charge in [-0.3, -0.25) is 47.9 Å². The molecule has 69 heavy (non-hydrogen) atoms. The Morgan fingerprint density at radius 1 is 0.536 bits per heavy atom. The number of rotatable bonds is 26. The zero-order chi connectivity index (χ0) is 53.4. The predicted molar refractivity (Wildman–Crippen MR) is 259 cm³/mol. The number of nitrogens with two attached hydrogens (primary N) is 1. The van der Waals surface area contributed by atoms with Crippen LogP contribution in [-0.2, 0) is 54.4 Å². The minimum Gasteiger partial charge on any atom is -0.480 e. The van der Waals surface area contributed by atoms with Gasteiger partial charge < -0.3 is 56.2 Å². The van der Waals surface area contributed by atoms with Crippen LogP contribution >= 0.6 is 0 Å². The molecule has 6 N–H and O–H groups in total. The highest BCUT2D eigenvalue weighted by Gasteiger charge is 2.40. The van der Waals surface area contributed by atoms with Crippen LogP contribution in [0.4, 0.5) is 0 Å². The fraction of sp³-hybridized carbons (Fsp3) is 0.667. The lowest BCUT2D eigenvalue weighted by Gasteiger charge is -2.36. The largest absolute Gasteiger partial charge is 0.480 e. The van der Waals surface area contributed by atoms with Crippen LogP contribution in [0.25, 0.3) is 0 Å². The molecule has 388 valence electrons. The van der Waals surface area contributed by atoms with E-state index in [1.54, 1.807) is 44.2 Å². The van der Waals surface area contributed by atoms with E-state index in [1.807, 2.05) is 27.7 Å². The maximum atomic E-state index is 14.5. The molecule has 0 spiro atoms. The fourth-order valence-corrected chi connectivity index (χ4v) is 7.71. The van der Waals surface area contributed by atoms with Gasteiger partial charge in [0.2, 0.25) is 53.2 Å². The monoisotopic (exact) mass is 973 g/mol. The number of hydrogen-bond donors (Lipinski definition) is 5. The molecular weight excluding hydrogens is 893 g/mol. The average molecular weight is 973 g/mol. The summed E-state index contributed by atoms with van der Waals surface area (Å²) in [7, 11) is 8.39. The van der Waals surface area contributed by atoms with E-state index in [9.17, 15) is 53.1 Å². The Balaban J connectivity index is 3.35. The highest BCUT2D eigenvalue weighted by Crippen LogP contribution is 2.19. The van der Waals surface area contributed by atoms with Crippen LogP contribution in [0.2, 0.25) is 0 Å². The molecule has 21 nitrogen and oxygen atoms in total. The van der Waals surface area contributed by atoms with Gasteiger partial charge in [-0.25, -0.2) is 0 Å². The number of likely N-dealkylation sites (N-methyl/N-ethyl adjacent to an activating group) is 6. The molecule has 1 aromatic carbocycles. The lowest BCUT2D eigenvalue weighted by Crippen LogP contribution is -2.60. The highest BCUT2D eigenvalue weighted by molar-refractivity contribution is 5.98. The van der Waals surface area contributed by atoms with Crippen LogP contribution in [0.5, 0.6) is 0 Å². The van der Waals surface area contributed by atoms with E-state index in [1.165, 1.54) is 94.5 Å². The highest BCUT2D eigenvalue weighted by atomic mass is 16.4. The van der Waals surface area contributed by atoms with Gasteiger partial charge in [-0.15, -0.1) is 0 Å². The Morgan fingerprint density at radius 2 is 1.00 bits per heavy atom. The normalized spacial score (nSPS) is 14.7. The van der Waals surface area contributed by atoms with Gasteiger partial charge in [0.25, 0.3) is 0 Å². The maximum absolute atomic E-state index is 14.5. The van der Waals surface area contributed by atoms with Crippen LogP contribution in [0.15, 0.2) is 30.3 Å². The Kier molecular flexibility index (Phi) is 24.5. The summed E-state index contributed by atoms with van der Waals surface area (Å²) in [6.07, 6.45) is 0.433. The van der Waals surface area contributed by atoms with E-state index in [2.05, 4.69) is 16.0 Å². The number of carbonyl (C=O) groups is 10. The Bertz CT molecular complexity index is 1970. The van der Waals surface area contributed by atoms with Gasteiger partial charge in [0.05, 0.1) is 6.54 Å². The van der Waals surface area contributed by atoms with Gasteiger partial charge in [-0.1, -0.05) is 71.9 Å². The first-order valence-corrected chi connectivity index (χ1v) is 23.4. The number of amides is 9. The minimum absolute atomic E-state index is 0.0487. The molecule has 0 saturated carbocycles. The lowest BCUT2D eigenvalue weighted by molar-refractivity contribution is -0.150. The maximum Gasteiger partial charge on any atom is 0.323 e. The summed E-state index contributed by atoms with van der Waals surface area (Å²) in [5.41, 5.74) is 6.21. The van der Waals surface area contributed by atoms with Crippen molar-refractivity contribution in [1.82, 2.24) is 45.3 Å². The van der Waals surface area contributed by atoms with Gasteiger partial charge in [-0.05, 0) is 63.9 Å². The second-order valence-electron chi connectivity index (χ2n) is 19.1. The average Bonchev–Trinajstić information content (AvgIpc) is 3.28.